The quantitative estimate of drug-likeness (QED) is 0.718. The molecule has 124 valence electrons. The molecule has 3 aromatic rings. The van der Waals surface area contributed by atoms with Crippen LogP contribution in [0.2, 0.25) is 0 Å². The summed E-state index contributed by atoms with van der Waals surface area (Å²) in [6.07, 6.45) is 1.59. The molecule has 0 spiro atoms. The summed E-state index contributed by atoms with van der Waals surface area (Å²) in [5.74, 6) is 1.52. The van der Waals surface area contributed by atoms with Gasteiger partial charge in [0.05, 0.1) is 17.6 Å². The number of carbonyl (C=O) groups excluding carboxylic acids is 2. The third-order valence-corrected chi connectivity index (χ3v) is 4.11. The highest BCUT2D eigenvalue weighted by Crippen LogP contribution is 2.12. The van der Waals surface area contributed by atoms with Gasteiger partial charge in [0, 0.05) is 6.07 Å². The molecule has 0 aliphatic rings. The van der Waals surface area contributed by atoms with Crippen molar-refractivity contribution in [2.75, 3.05) is 11.9 Å². The molecular formula is C16H16N4O3S. The maximum absolute atomic E-state index is 12.0. The average molecular weight is 344 g/mol. The third kappa shape index (κ3) is 3.90. The number of carbonyl (C=O) groups is 2. The van der Waals surface area contributed by atoms with E-state index in [1.807, 2.05) is 24.4 Å². The van der Waals surface area contributed by atoms with E-state index in [-0.39, 0.29) is 18.4 Å². The number of thiophene rings is 1. The lowest BCUT2D eigenvalue weighted by Gasteiger charge is -2.08. The van der Waals surface area contributed by atoms with E-state index in [4.69, 9.17) is 4.42 Å². The van der Waals surface area contributed by atoms with E-state index in [1.165, 1.54) is 11.3 Å². The number of rotatable bonds is 6. The summed E-state index contributed by atoms with van der Waals surface area (Å²) < 4.78 is 7.13. The third-order valence-electron chi connectivity index (χ3n) is 3.24. The first-order valence-corrected chi connectivity index (χ1v) is 8.18. The van der Waals surface area contributed by atoms with Crippen LogP contribution in [0, 0.1) is 6.92 Å². The first-order chi connectivity index (χ1) is 11.6. The molecular weight excluding hydrogens is 328 g/mol. The number of aromatic nitrogens is 2. The Hall–Kier alpha value is -2.87. The fraction of sp³-hybridized carbons (Fsp3) is 0.188. The van der Waals surface area contributed by atoms with Crippen LogP contribution in [0.3, 0.4) is 0 Å². The van der Waals surface area contributed by atoms with E-state index < -0.39 is 0 Å². The molecule has 2 amide bonds. The van der Waals surface area contributed by atoms with Gasteiger partial charge in [-0.25, -0.2) is 4.68 Å². The van der Waals surface area contributed by atoms with Crippen molar-refractivity contribution in [3.05, 3.63) is 58.3 Å². The molecule has 3 aromatic heterocycles. The molecule has 0 unspecified atom stereocenters. The highest BCUT2D eigenvalue weighted by molar-refractivity contribution is 7.12. The van der Waals surface area contributed by atoms with Gasteiger partial charge in [0.15, 0.2) is 0 Å². The highest BCUT2D eigenvalue weighted by atomic mass is 32.1. The Bertz CT molecular complexity index is 835. The number of nitrogens with zero attached hydrogens (tertiary/aromatic N) is 2. The Kier molecular flexibility index (Phi) is 4.76. The minimum atomic E-state index is -0.322. The average Bonchev–Trinajstić information content (AvgIpc) is 3.29. The van der Waals surface area contributed by atoms with E-state index in [1.54, 1.807) is 29.1 Å². The number of hydrogen-bond donors (Lipinski definition) is 2. The van der Waals surface area contributed by atoms with Crippen molar-refractivity contribution in [2.45, 2.75) is 13.5 Å². The van der Waals surface area contributed by atoms with E-state index in [0.29, 0.717) is 17.2 Å². The van der Waals surface area contributed by atoms with Gasteiger partial charge in [-0.2, -0.15) is 5.10 Å². The number of aryl methyl sites for hydroxylation is 1. The van der Waals surface area contributed by atoms with E-state index in [0.717, 1.165) is 11.5 Å². The van der Waals surface area contributed by atoms with Crippen molar-refractivity contribution >= 4 is 29.0 Å². The Morgan fingerprint density at radius 1 is 1.29 bits per heavy atom. The second-order valence-electron chi connectivity index (χ2n) is 5.09. The normalized spacial score (nSPS) is 10.5. The topological polar surface area (TPSA) is 89.2 Å². The van der Waals surface area contributed by atoms with Crippen molar-refractivity contribution in [3.63, 3.8) is 0 Å². The number of nitrogens with one attached hydrogen (secondary N) is 2. The van der Waals surface area contributed by atoms with Gasteiger partial charge in [0.2, 0.25) is 5.91 Å². The predicted octanol–water partition coefficient (Wildman–Crippen LogP) is 2.26. The van der Waals surface area contributed by atoms with Gasteiger partial charge < -0.3 is 15.1 Å². The van der Waals surface area contributed by atoms with Crippen LogP contribution in [-0.4, -0.2) is 28.1 Å². The largest absolute Gasteiger partial charge is 0.464 e. The fourth-order valence-electron chi connectivity index (χ4n) is 2.13. The zero-order valence-corrected chi connectivity index (χ0v) is 13.8. The molecule has 0 atom stereocenters. The minimum absolute atomic E-state index is 0.109. The molecule has 0 aliphatic carbocycles. The van der Waals surface area contributed by atoms with Gasteiger partial charge in [0.25, 0.3) is 5.91 Å². The summed E-state index contributed by atoms with van der Waals surface area (Å²) >= 11 is 1.33. The Labute approximate surface area is 142 Å². The van der Waals surface area contributed by atoms with Crippen LogP contribution >= 0.6 is 11.3 Å². The summed E-state index contributed by atoms with van der Waals surface area (Å²) in [6, 6.07) is 8.92. The molecule has 0 saturated heterocycles. The number of hydrogen-bond acceptors (Lipinski definition) is 5. The molecule has 7 nitrogen and oxygen atoms in total. The maximum atomic E-state index is 12.0. The van der Waals surface area contributed by atoms with Gasteiger partial charge in [-0.15, -0.1) is 11.3 Å². The summed E-state index contributed by atoms with van der Waals surface area (Å²) in [4.78, 5) is 24.4. The Morgan fingerprint density at radius 3 is 2.88 bits per heavy atom. The first-order valence-electron chi connectivity index (χ1n) is 7.30. The summed E-state index contributed by atoms with van der Waals surface area (Å²) in [5.41, 5.74) is 0. The fourth-order valence-corrected chi connectivity index (χ4v) is 2.77. The molecule has 0 aromatic carbocycles. The van der Waals surface area contributed by atoms with Crippen LogP contribution in [0.4, 0.5) is 5.82 Å². The lowest BCUT2D eigenvalue weighted by Crippen LogP contribution is -2.33. The lowest BCUT2D eigenvalue weighted by molar-refractivity contribution is -0.115. The van der Waals surface area contributed by atoms with Crippen molar-refractivity contribution in [3.8, 4) is 0 Å². The molecule has 3 rings (SSSR count). The zero-order valence-electron chi connectivity index (χ0n) is 13.0. The number of furan rings is 1. The number of amides is 2. The van der Waals surface area contributed by atoms with E-state index >= 15 is 0 Å². The Morgan fingerprint density at radius 2 is 2.17 bits per heavy atom. The monoisotopic (exact) mass is 344 g/mol. The van der Waals surface area contributed by atoms with Crippen molar-refractivity contribution in [2.24, 2.45) is 0 Å². The predicted molar refractivity (Wildman–Crippen MR) is 90.1 cm³/mol. The molecule has 0 saturated carbocycles. The summed E-state index contributed by atoms with van der Waals surface area (Å²) in [5, 5.41) is 11.3. The number of anilines is 1. The van der Waals surface area contributed by atoms with E-state index in [9.17, 15) is 9.59 Å². The van der Waals surface area contributed by atoms with Crippen LogP contribution in [0.5, 0.6) is 0 Å². The van der Waals surface area contributed by atoms with Gasteiger partial charge in [-0.05, 0) is 30.5 Å². The van der Waals surface area contributed by atoms with Crippen LogP contribution in [0.15, 0.2) is 46.3 Å². The van der Waals surface area contributed by atoms with Crippen LogP contribution in [0.1, 0.15) is 21.2 Å². The zero-order chi connectivity index (χ0) is 16.9. The molecule has 0 radical (unpaired) electrons. The molecule has 3 heterocycles. The maximum Gasteiger partial charge on any atom is 0.261 e. The standard InChI is InChI=1S/C16H16N4O3S/c1-11-4-5-12(23-11)10-20-14(6-7-18-20)19-15(21)9-17-16(22)13-3-2-8-24-13/h2-8H,9-10H2,1H3,(H,17,22)(H,19,21). The van der Waals surface area contributed by atoms with Crippen LogP contribution in [-0.2, 0) is 11.3 Å². The molecule has 0 aliphatic heterocycles. The molecule has 2 N–H and O–H groups in total. The summed E-state index contributed by atoms with van der Waals surface area (Å²) in [7, 11) is 0. The molecule has 0 fully saturated rings. The van der Waals surface area contributed by atoms with Crippen LogP contribution < -0.4 is 10.6 Å². The summed E-state index contributed by atoms with van der Waals surface area (Å²) in [6.45, 7) is 2.17. The highest BCUT2D eigenvalue weighted by Gasteiger charge is 2.11. The first kappa shape index (κ1) is 16.0. The van der Waals surface area contributed by atoms with Gasteiger partial charge in [-0.1, -0.05) is 6.07 Å². The molecule has 24 heavy (non-hydrogen) atoms. The molecule has 8 heteroatoms. The van der Waals surface area contributed by atoms with E-state index in [2.05, 4.69) is 15.7 Å². The minimum Gasteiger partial charge on any atom is -0.464 e. The lowest BCUT2D eigenvalue weighted by atomic mass is 10.4. The van der Waals surface area contributed by atoms with Crippen molar-refractivity contribution < 1.29 is 14.0 Å². The van der Waals surface area contributed by atoms with Crippen molar-refractivity contribution in [1.29, 1.82) is 0 Å². The van der Waals surface area contributed by atoms with Gasteiger partial charge in [-0.3, -0.25) is 9.59 Å². The second-order valence-corrected chi connectivity index (χ2v) is 6.04. The van der Waals surface area contributed by atoms with Gasteiger partial charge >= 0.3 is 0 Å². The Balaban J connectivity index is 1.55. The SMILES string of the molecule is Cc1ccc(Cn2nccc2NC(=O)CNC(=O)c2cccs2)o1. The second kappa shape index (κ2) is 7.14. The van der Waals surface area contributed by atoms with Gasteiger partial charge in [0.1, 0.15) is 23.9 Å². The van der Waals surface area contributed by atoms with Crippen molar-refractivity contribution in [1.82, 2.24) is 15.1 Å². The molecule has 0 bridgehead atoms. The van der Waals surface area contributed by atoms with Crippen LogP contribution in [0.25, 0.3) is 0 Å². The smallest absolute Gasteiger partial charge is 0.261 e.